The van der Waals surface area contributed by atoms with Crippen molar-refractivity contribution in [2.24, 2.45) is 0 Å². The van der Waals surface area contributed by atoms with Crippen LogP contribution in [0.15, 0.2) is 42.7 Å². The van der Waals surface area contributed by atoms with E-state index >= 15 is 0 Å². The van der Waals surface area contributed by atoms with E-state index in [1.807, 2.05) is 18.2 Å². The van der Waals surface area contributed by atoms with Gasteiger partial charge < -0.3 is 10.1 Å². The lowest BCUT2D eigenvalue weighted by Crippen LogP contribution is -2.01. The predicted molar refractivity (Wildman–Crippen MR) is 69.3 cm³/mol. The number of aromatic nitrogens is 1. The van der Waals surface area contributed by atoms with E-state index in [1.165, 1.54) is 0 Å². The molecule has 1 N–H and O–H groups in total. The summed E-state index contributed by atoms with van der Waals surface area (Å²) in [7, 11) is 1.59. The van der Waals surface area contributed by atoms with Crippen LogP contribution in [0.5, 0.6) is 5.75 Å². The lowest BCUT2D eigenvalue weighted by atomic mass is 10.2. The molecule has 0 radical (unpaired) electrons. The maximum Gasteiger partial charge on any atom is 0.143 e. The van der Waals surface area contributed by atoms with E-state index in [1.54, 1.807) is 31.6 Å². The first-order valence-corrected chi connectivity index (χ1v) is 5.54. The molecule has 0 saturated heterocycles. The number of anilines is 1. The van der Waals surface area contributed by atoms with Gasteiger partial charge in [0, 0.05) is 25.0 Å². The molecular weight excluding hydrogens is 226 g/mol. The Morgan fingerprint density at radius 1 is 1.28 bits per heavy atom. The number of hydrogen-bond donors (Lipinski definition) is 1. The second kappa shape index (κ2) is 5.69. The molecule has 4 heteroatoms. The fourth-order valence-electron chi connectivity index (χ4n) is 1.60. The van der Waals surface area contributed by atoms with Crippen molar-refractivity contribution in [2.45, 2.75) is 6.54 Å². The van der Waals surface area contributed by atoms with Gasteiger partial charge in [0.2, 0.25) is 0 Å². The molecule has 0 saturated carbocycles. The third-order valence-corrected chi connectivity index (χ3v) is 2.56. The first-order valence-electron chi connectivity index (χ1n) is 5.54. The molecule has 0 unspecified atom stereocenters. The zero-order valence-electron chi connectivity index (χ0n) is 10.1. The van der Waals surface area contributed by atoms with Gasteiger partial charge in [-0.25, -0.2) is 0 Å². The molecule has 1 aromatic carbocycles. The number of nitrogens with zero attached hydrogens (tertiary/aromatic N) is 2. The number of ether oxygens (including phenoxy) is 1. The third-order valence-electron chi connectivity index (χ3n) is 2.56. The van der Waals surface area contributed by atoms with E-state index < -0.39 is 0 Å². The van der Waals surface area contributed by atoms with Crippen molar-refractivity contribution in [3.63, 3.8) is 0 Å². The van der Waals surface area contributed by atoms with Crippen LogP contribution in [0.2, 0.25) is 0 Å². The summed E-state index contributed by atoms with van der Waals surface area (Å²) in [5.41, 5.74) is 2.59. The minimum absolute atomic E-state index is 0.585. The Labute approximate surface area is 106 Å². The number of hydrogen-bond acceptors (Lipinski definition) is 4. The van der Waals surface area contributed by atoms with E-state index in [0.29, 0.717) is 17.9 Å². The molecule has 0 amide bonds. The number of pyridine rings is 1. The minimum atomic E-state index is 0.585. The third kappa shape index (κ3) is 2.77. The van der Waals surface area contributed by atoms with Crippen LogP contribution in [0.1, 0.15) is 11.1 Å². The molecule has 18 heavy (non-hydrogen) atoms. The molecule has 0 spiro atoms. The lowest BCUT2D eigenvalue weighted by Gasteiger charge is -2.11. The summed E-state index contributed by atoms with van der Waals surface area (Å²) in [5.74, 6) is 0.670. The van der Waals surface area contributed by atoms with Gasteiger partial charge in [-0.2, -0.15) is 5.26 Å². The van der Waals surface area contributed by atoms with Gasteiger partial charge in [0.05, 0.1) is 24.4 Å². The van der Waals surface area contributed by atoms with E-state index in [-0.39, 0.29) is 0 Å². The van der Waals surface area contributed by atoms with Crippen molar-refractivity contribution in [3.8, 4) is 11.8 Å². The Morgan fingerprint density at radius 3 is 2.72 bits per heavy atom. The molecule has 0 atom stereocenters. The Morgan fingerprint density at radius 2 is 2.06 bits per heavy atom. The fraction of sp³-hybridized carbons (Fsp3) is 0.143. The second-order valence-electron chi connectivity index (χ2n) is 3.74. The Balaban J connectivity index is 2.12. The normalized spacial score (nSPS) is 9.56. The molecule has 0 aliphatic rings. The molecule has 1 aromatic heterocycles. The second-order valence-corrected chi connectivity index (χ2v) is 3.74. The van der Waals surface area contributed by atoms with E-state index in [4.69, 9.17) is 10.00 Å². The van der Waals surface area contributed by atoms with Crippen LogP contribution in [0.25, 0.3) is 0 Å². The molecular formula is C14H13N3O. The number of benzene rings is 1. The van der Waals surface area contributed by atoms with Gasteiger partial charge in [-0.1, -0.05) is 0 Å². The molecule has 2 rings (SSSR count). The number of nitriles is 1. The highest BCUT2D eigenvalue weighted by Crippen LogP contribution is 2.25. The average Bonchev–Trinajstić information content (AvgIpc) is 2.46. The smallest absolute Gasteiger partial charge is 0.143 e. The van der Waals surface area contributed by atoms with Crippen LogP contribution >= 0.6 is 0 Å². The highest BCUT2D eigenvalue weighted by atomic mass is 16.5. The van der Waals surface area contributed by atoms with Crippen molar-refractivity contribution in [1.29, 1.82) is 5.26 Å². The summed E-state index contributed by atoms with van der Waals surface area (Å²) < 4.78 is 5.25. The number of nitrogens with one attached hydrogen (secondary N) is 1. The standard InChI is InChI=1S/C14H13N3O/c1-18-14-8-12(9-15)2-3-13(14)17-10-11-4-6-16-7-5-11/h2-8,17H,10H2,1H3. The summed E-state index contributed by atoms with van der Waals surface area (Å²) in [6, 6.07) is 11.3. The van der Waals surface area contributed by atoms with E-state index in [9.17, 15) is 0 Å². The number of methoxy groups -OCH3 is 1. The van der Waals surface area contributed by atoms with Crippen molar-refractivity contribution in [3.05, 3.63) is 53.9 Å². The first-order chi connectivity index (χ1) is 8.83. The fourth-order valence-corrected chi connectivity index (χ4v) is 1.60. The van der Waals surface area contributed by atoms with Crippen LogP contribution in [0, 0.1) is 11.3 Å². The zero-order chi connectivity index (χ0) is 12.8. The van der Waals surface area contributed by atoms with Gasteiger partial charge in [-0.05, 0) is 29.8 Å². The van der Waals surface area contributed by atoms with Gasteiger partial charge >= 0.3 is 0 Å². The van der Waals surface area contributed by atoms with Gasteiger partial charge in [0.15, 0.2) is 0 Å². The SMILES string of the molecule is COc1cc(C#N)ccc1NCc1ccncc1. The van der Waals surface area contributed by atoms with Crippen molar-refractivity contribution >= 4 is 5.69 Å². The topological polar surface area (TPSA) is 57.9 Å². The van der Waals surface area contributed by atoms with E-state index in [0.717, 1.165) is 11.3 Å². The summed E-state index contributed by atoms with van der Waals surface area (Å²) in [6.07, 6.45) is 3.51. The monoisotopic (exact) mass is 239 g/mol. The van der Waals surface area contributed by atoms with Crippen LogP contribution < -0.4 is 10.1 Å². The van der Waals surface area contributed by atoms with Gasteiger partial charge in [-0.3, -0.25) is 4.98 Å². The summed E-state index contributed by atoms with van der Waals surface area (Å²) in [5, 5.41) is 12.1. The summed E-state index contributed by atoms with van der Waals surface area (Å²) >= 11 is 0. The molecule has 0 bridgehead atoms. The maximum atomic E-state index is 8.82. The quantitative estimate of drug-likeness (QED) is 0.890. The highest BCUT2D eigenvalue weighted by molar-refractivity contribution is 5.59. The molecule has 0 fully saturated rings. The molecule has 4 nitrogen and oxygen atoms in total. The van der Waals surface area contributed by atoms with Crippen LogP contribution in [0.4, 0.5) is 5.69 Å². The van der Waals surface area contributed by atoms with Gasteiger partial charge in [-0.15, -0.1) is 0 Å². The Hall–Kier alpha value is -2.54. The molecule has 1 heterocycles. The first kappa shape index (κ1) is 11.9. The molecule has 2 aromatic rings. The maximum absolute atomic E-state index is 8.82. The largest absolute Gasteiger partial charge is 0.495 e. The zero-order valence-corrected chi connectivity index (χ0v) is 10.1. The predicted octanol–water partition coefficient (Wildman–Crippen LogP) is 2.57. The Kier molecular flexibility index (Phi) is 3.77. The van der Waals surface area contributed by atoms with Crippen LogP contribution in [0.3, 0.4) is 0 Å². The minimum Gasteiger partial charge on any atom is -0.495 e. The molecule has 0 aliphatic carbocycles. The molecule has 0 aliphatic heterocycles. The average molecular weight is 239 g/mol. The van der Waals surface area contributed by atoms with Crippen molar-refractivity contribution in [2.75, 3.05) is 12.4 Å². The van der Waals surface area contributed by atoms with Crippen LogP contribution in [-0.4, -0.2) is 12.1 Å². The Bertz CT molecular complexity index is 561. The van der Waals surface area contributed by atoms with Gasteiger partial charge in [0.25, 0.3) is 0 Å². The van der Waals surface area contributed by atoms with Crippen LogP contribution in [-0.2, 0) is 6.54 Å². The highest BCUT2D eigenvalue weighted by Gasteiger charge is 2.03. The lowest BCUT2D eigenvalue weighted by molar-refractivity contribution is 0.416. The van der Waals surface area contributed by atoms with Gasteiger partial charge in [0.1, 0.15) is 5.75 Å². The molecule has 90 valence electrons. The van der Waals surface area contributed by atoms with Crippen molar-refractivity contribution in [1.82, 2.24) is 4.98 Å². The van der Waals surface area contributed by atoms with Crippen molar-refractivity contribution < 1.29 is 4.74 Å². The number of rotatable bonds is 4. The summed E-state index contributed by atoms with van der Waals surface area (Å²) in [6.45, 7) is 0.685. The van der Waals surface area contributed by atoms with E-state index in [2.05, 4.69) is 16.4 Å². The summed E-state index contributed by atoms with van der Waals surface area (Å²) in [4.78, 5) is 3.97.